The highest BCUT2D eigenvalue weighted by Crippen LogP contribution is 2.18. The van der Waals surface area contributed by atoms with Crippen LogP contribution in [0.4, 0.5) is 8.78 Å². The lowest BCUT2D eigenvalue weighted by atomic mass is 10.1. The first-order chi connectivity index (χ1) is 12.0. The molecule has 25 heavy (non-hydrogen) atoms. The van der Waals surface area contributed by atoms with Gasteiger partial charge in [-0.1, -0.05) is 11.2 Å². The minimum atomic E-state index is -2.91. The topological polar surface area (TPSA) is 71.7 Å². The molecule has 2 heterocycles. The van der Waals surface area contributed by atoms with E-state index in [1.165, 1.54) is 18.2 Å². The Hall–Kier alpha value is -2.55. The number of carbonyl (C=O) groups excluding carboxylic acids is 1. The molecular formula is C16H18F2N4O3. The molecular weight excluding hydrogens is 334 g/mol. The number of ether oxygens (including phenoxy) is 1. The number of carbonyl (C=O) groups is 1. The Morgan fingerprint density at radius 3 is 2.72 bits per heavy atom. The monoisotopic (exact) mass is 352 g/mol. The lowest BCUT2D eigenvalue weighted by Gasteiger charge is -2.34. The summed E-state index contributed by atoms with van der Waals surface area (Å²) in [7, 11) is 0. The molecule has 0 bridgehead atoms. The Bertz CT molecular complexity index is 730. The van der Waals surface area contributed by atoms with Crippen LogP contribution >= 0.6 is 0 Å². The summed E-state index contributed by atoms with van der Waals surface area (Å²) in [5, 5.41) is 3.86. The van der Waals surface area contributed by atoms with Gasteiger partial charge < -0.3 is 14.2 Å². The van der Waals surface area contributed by atoms with E-state index >= 15 is 0 Å². The quantitative estimate of drug-likeness (QED) is 0.819. The maximum Gasteiger partial charge on any atom is 0.387 e. The fourth-order valence-corrected chi connectivity index (χ4v) is 2.70. The summed E-state index contributed by atoms with van der Waals surface area (Å²) in [6.45, 7) is 1.81. The summed E-state index contributed by atoms with van der Waals surface area (Å²) in [6.07, 6.45) is 0. The third-order valence-electron chi connectivity index (χ3n) is 3.90. The van der Waals surface area contributed by atoms with Gasteiger partial charge in [-0.2, -0.15) is 13.8 Å². The standard InChI is InChI=1S/C16H18F2N4O3/c1-11-19-14(20-25-11)10-21-5-7-22(8-6-21)15(23)12-3-2-4-13(9-12)24-16(17)18/h2-4,9,16H,5-8,10H2,1H3. The van der Waals surface area contributed by atoms with Gasteiger partial charge in [-0.3, -0.25) is 9.69 Å². The van der Waals surface area contributed by atoms with Gasteiger partial charge in [-0.05, 0) is 18.2 Å². The normalized spacial score (nSPS) is 15.6. The van der Waals surface area contributed by atoms with Crippen molar-refractivity contribution in [1.82, 2.24) is 19.9 Å². The average Bonchev–Trinajstić information content (AvgIpc) is 2.99. The maximum absolute atomic E-state index is 12.5. The number of hydrogen-bond donors (Lipinski definition) is 0. The Kier molecular flexibility index (Phi) is 5.22. The number of aromatic nitrogens is 2. The minimum Gasteiger partial charge on any atom is -0.435 e. The van der Waals surface area contributed by atoms with Crippen LogP contribution in [-0.4, -0.2) is 58.6 Å². The first-order valence-electron chi connectivity index (χ1n) is 7.87. The lowest BCUT2D eigenvalue weighted by Crippen LogP contribution is -2.48. The molecule has 0 radical (unpaired) electrons. The Balaban J connectivity index is 1.56. The van der Waals surface area contributed by atoms with E-state index in [0.717, 1.165) is 0 Å². The first-order valence-corrected chi connectivity index (χ1v) is 7.87. The summed E-state index contributed by atoms with van der Waals surface area (Å²) in [4.78, 5) is 20.5. The number of hydrogen-bond acceptors (Lipinski definition) is 6. The lowest BCUT2D eigenvalue weighted by molar-refractivity contribution is -0.0499. The second-order valence-corrected chi connectivity index (χ2v) is 5.70. The molecule has 0 aliphatic carbocycles. The van der Waals surface area contributed by atoms with E-state index in [0.29, 0.717) is 50.0 Å². The van der Waals surface area contributed by atoms with Crippen LogP contribution in [0, 0.1) is 6.92 Å². The van der Waals surface area contributed by atoms with Gasteiger partial charge in [0.25, 0.3) is 5.91 Å². The van der Waals surface area contributed by atoms with Crippen LogP contribution in [-0.2, 0) is 6.54 Å². The molecule has 1 aliphatic heterocycles. The fourth-order valence-electron chi connectivity index (χ4n) is 2.70. The van der Waals surface area contributed by atoms with E-state index in [1.807, 2.05) is 0 Å². The number of amides is 1. The Labute approximate surface area is 143 Å². The van der Waals surface area contributed by atoms with Gasteiger partial charge in [0.2, 0.25) is 5.89 Å². The van der Waals surface area contributed by atoms with E-state index in [4.69, 9.17) is 4.52 Å². The first kappa shape index (κ1) is 17.3. The predicted octanol–water partition coefficient (Wildman–Crippen LogP) is 1.94. The summed E-state index contributed by atoms with van der Waals surface area (Å²) < 4.78 is 33.9. The van der Waals surface area contributed by atoms with Gasteiger partial charge in [0, 0.05) is 38.7 Å². The van der Waals surface area contributed by atoms with Crippen LogP contribution in [0.5, 0.6) is 5.75 Å². The van der Waals surface area contributed by atoms with Crippen molar-refractivity contribution in [3.63, 3.8) is 0 Å². The molecule has 1 aromatic heterocycles. The van der Waals surface area contributed by atoms with E-state index in [1.54, 1.807) is 17.9 Å². The number of benzene rings is 1. The highest BCUT2D eigenvalue weighted by molar-refractivity contribution is 5.94. The van der Waals surface area contributed by atoms with E-state index in [-0.39, 0.29) is 11.7 Å². The van der Waals surface area contributed by atoms with E-state index in [2.05, 4.69) is 19.8 Å². The van der Waals surface area contributed by atoms with Crippen LogP contribution in [0.2, 0.25) is 0 Å². The van der Waals surface area contributed by atoms with Crippen molar-refractivity contribution in [3.8, 4) is 5.75 Å². The zero-order valence-corrected chi connectivity index (χ0v) is 13.7. The molecule has 0 N–H and O–H groups in total. The molecule has 0 spiro atoms. The third kappa shape index (κ3) is 4.50. The number of halogens is 2. The van der Waals surface area contributed by atoms with Gasteiger partial charge >= 0.3 is 6.61 Å². The zero-order valence-electron chi connectivity index (χ0n) is 13.7. The molecule has 134 valence electrons. The number of aryl methyl sites for hydroxylation is 1. The van der Waals surface area contributed by atoms with E-state index < -0.39 is 6.61 Å². The second kappa shape index (κ2) is 7.56. The molecule has 2 aromatic rings. The van der Waals surface area contributed by atoms with Crippen molar-refractivity contribution in [2.45, 2.75) is 20.1 Å². The van der Waals surface area contributed by atoms with Gasteiger partial charge in [-0.25, -0.2) is 0 Å². The highest BCUT2D eigenvalue weighted by atomic mass is 19.3. The molecule has 1 aliphatic rings. The molecule has 0 saturated carbocycles. The second-order valence-electron chi connectivity index (χ2n) is 5.70. The molecule has 1 aromatic carbocycles. The minimum absolute atomic E-state index is 0.0213. The van der Waals surface area contributed by atoms with Crippen molar-refractivity contribution in [2.24, 2.45) is 0 Å². The van der Waals surface area contributed by atoms with Crippen LogP contribution in [0.1, 0.15) is 22.1 Å². The number of alkyl halides is 2. The molecule has 1 amide bonds. The fraction of sp³-hybridized carbons (Fsp3) is 0.438. The van der Waals surface area contributed by atoms with Crippen molar-refractivity contribution in [2.75, 3.05) is 26.2 Å². The molecule has 0 atom stereocenters. The Morgan fingerprint density at radius 1 is 1.32 bits per heavy atom. The summed E-state index contributed by atoms with van der Waals surface area (Å²) >= 11 is 0. The molecule has 1 saturated heterocycles. The molecule has 7 nitrogen and oxygen atoms in total. The zero-order chi connectivity index (χ0) is 17.8. The number of nitrogens with zero attached hydrogens (tertiary/aromatic N) is 4. The average molecular weight is 352 g/mol. The van der Waals surface area contributed by atoms with Gasteiger partial charge in [-0.15, -0.1) is 0 Å². The molecule has 1 fully saturated rings. The highest BCUT2D eigenvalue weighted by Gasteiger charge is 2.23. The van der Waals surface area contributed by atoms with Crippen molar-refractivity contribution < 1.29 is 22.8 Å². The van der Waals surface area contributed by atoms with Crippen LogP contribution in [0.3, 0.4) is 0 Å². The van der Waals surface area contributed by atoms with Crippen LogP contribution in [0.15, 0.2) is 28.8 Å². The van der Waals surface area contributed by atoms with Crippen molar-refractivity contribution in [3.05, 3.63) is 41.5 Å². The predicted molar refractivity (Wildman–Crippen MR) is 83.3 cm³/mol. The smallest absolute Gasteiger partial charge is 0.387 e. The maximum atomic E-state index is 12.5. The van der Waals surface area contributed by atoms with Gasteiger partial charge in [0.15, 0.2) is 5.82 Å². The largest absolute Gasteiger partial charge is 0.435 e. The number of rotatable bonds is 5. The third-order valence-corrected chi connectivity index (χ3v) is 3.90. The number of piperazine rings is 1. The van der Waals surface area contributed by atoms with Crippen molar-refractivity contribution >= 4 is 5.91 Å². The summed E-state index contributed by atoms with van der Waals surface area (Å²) in [5.41, 5.74) is 0.334. The van der Waals surface area contributed by atoms with Crippen LogP contribution in [0.25, 0.3) is 0 Å². The van der Waals surface area contributed by atoms with E-state index in [9.17, 15) is 13.6 Å². The van der Waals surface area contributed by atoms with Gasteiger partial charge in [0.05, 0.1) is 6.54 Å². The molecule has 3 rings (SSSR count). The molecule has 0 unspecified atom stereocenters. The molecule has 9 heteroatoms. The summed E-state index contributed by atoms with van der Waals surface area (Å²) in [5.74, 6) is 0.922. The Morgan fingerprint density at radius 2 is 2.08 bits per heavy atom. The van der Waals surface area contributed by atoms with Gasteiger partial charge in [0.1, 0.15) is 5.75 Å². The van der Waals surface area contributed by atoms with Crippen molar-refractivity contribution in [1.29, 1.82) is 0 Å². The van der Waals surface area contributed by atoms with Crippen LogP contribution < -0.4 is 4.74 Å². The summed E-state index contributed by atoms with van der Waals surface area (Å²) in [6, 6.07) is 5.85. The SMILES string of the molecule is Cc1nc(CN2CCN(C(=O)c3cccc(OC(F)F)c3)CC2)no1.